The fraction of sp³-hybridized carbons (Fsp3) is 0.462. The molecule has 1 rings (SSSR count). The van der Waals surface area contributed by atoms with E-state index in [1.807, 2.05) is 0 Å². The van der Waals surface area contributed by atoms with Gasteiger partial charge in [0.1, 0.15) is 0 Å². The van der Waals surface area contributed by atoms with Gasteiger partial charge in [0, 0.05) is 10.5 Å². The van der Waals surface area contributed by atoms with Crippen molar-refractivity contribution in [1.82, 2.24) is 5.32 Å². The summed E-state index contributed by atoms with van der Waals surface area (Å²) in [5.41, 5.74) is 0.429. The van der Waals surface area contributed by atoms with Crippen molar-refractivity contribution in [1.29, 1.82) is 0 Å². The normalized spacial score (nSPS) is 12.6. The Labute approximate surface area is 107 Å². The number of nitrogens with one attached hydrogen (secondary N) is 1. The molecular formula is C13H19N2O3. The van der Waals surface area contributed by atoms with Crippen molar-refractivity contribution >= 4 is 0 Å². The molecule has 1 aromatic rings. The Hall–Kier alpha value is -1.46. The van der Waals surface area contributed by atoms with Gasteiger partial charge in [0.2, 0.25) is 0 Å². The largest absolute Gasteiger partial charge is 0.371 e. The van der Waals surface area contributed by atoms with Crippen molar-refractivity contribution in [2.75, 3.05) is 6.54 Å². The number of nitro groups is 1. The summed E-state index contributed by atoms with van der Waals surface area (Å²) in [5.74, 6) is 0. The van der Waals surface area contributed by atoms with E-state index in [-0.39, 0.29) is 6.04 Å². The molecule has 5 nitrogen and oxygen atoms in total. The third-order valence-corrected chi connectivity index (χ3v) is 2.64. The molecule has 0 saturated carbocycles. The van der Waals surface area contributed by atoms with Crippen LogP contribution in [0, 0.1) is 16.2 Å². The molecule has 0 aromatic heterocycles. The van der Waals surface area contributed by atoms with E-state index >= 15 is 0 Å². The predicted octanol–water partition coefficient (Wildman–Crippen LogP) is 1.94. The van der Waals surface area contributed by atoms with E-state index < -0.39 is 11.2 Å². The minimum Gasteiger partial charge on any atom is -0.371 e. The Morgan fingerprint density at radius 2 is 2.06 bits per heavy atom. The number of rotatable bonds is 8. The quantitative estimate of drug-likeness (QED) is 0.320. The Morgan fingerprint density at radius 3 is 2.61 bits per heavy atom. The molecule has 0 heterocycles. The van der Waals surface area contributed by atoms with Gasteiger partial charge in [-0.25, -0.2) is 0 Å². The van der Waals surface area contributed by atoms with E-state index in [9.17, 15) is 15.2 Å². The molecule has 1 atom stereocenters. The SMILES string of the molecule is CCCCCNC(O)[C](c1ccccc1)[N+](=O)[O-]. The van der Waals surface area contributed by atoms with Crippen molar-refractivity contribution < 1.29 is 10.0 Å². The minimum absolute atomic E-state index is 0.202. The average molecular weight is 251 g/mol. The molecule has 0 saturated heterocycles. The van der Waals surface area contributed by atoms with Crippen LogP contribution < -0.4 is 5.32 Å². The van der Waals surface area contributed by atoms with Crippen molar-refractivity contribution in [3.05, 3.63) is 52.1 Å². The maximum Gasteiger partial charge on any atom is 0.362 e. The molecule has 18 heavy (non-hydrogen) atoms. The molecule has 0 aliphatic heterocycles. The summed E-state index contributed by atoms with van der Waals surface area (Å²) in [6.07, 6.45) is 1.77. The highest BCUT2D eigenvalue weighted by atomic mass is 16.6. The lowest BCUT2D eigenvalue weighted by Crippen LogP contribution is -2.39. The number of aliphatic hydroxyl groups excluding tert-OH is 1. The molecule has 1 aromatic carbocycles. The first-order valence-corrected chi connectivity index (χ1v) is 6.15. The highest BCUT2D eigenvalue weighted by molar-refractivity contribution is 5.27. The fourth-order valence-electron chi connectivity index (χ4n) is 1.68. The molecule has 0 aliphatic rings. The summed E-state index contributed by atoms with van der Waals surface area (Å²) in [5, 5.41) is 23.6. The third-order valence-electron chi connectivity index (χ3n) is 2.64. The number of benzene rings is 1. The van der Waals surface area contributed by atoms with E-state index in [0.717, 1.165) is 19.3 Å². The van der Waals surface area contributed by atoms with Gasteiger partial charge in [-0.1, -0.05) is 50.1 Å². The van der Waals surface area contributed by atoms with Gasteiger partial charge in [0.05, 0.1) is 0 Å². The number of aliphatic hydroxyl groups is 1. The summed E-state index contributed by atoms with van der Waals surface area (Å²) in [6, 6.07) is 8.24. The van der Waals surface area contributed by atoms with Crippen LogP contribution >= 0.6 is 0 Å². The fourth-order valence-corrected chi connectivity index (χ4v) is 1.68. The summed E-state index contributed by atoms with van der Waals surface area (Å²) in [7, 11) is 0. The number of hydrogen-bond acceptors (Lipinski definition) is 4. The molecule has 2 N–H and O–H groups in total. The van der Waals surface area contributed by atoms with Crippen molar-refractivity contribution in [3.63, 3.8) is 0 Å². The van der Waals surface area contributed by atoms with Crippen molar-refractivity contribution in [3.8, 4) is 0 Å². The first kappa shape index (κ1) is 14.6. The smallest absolute Gasteiger partial charge is 0.362 e. The molecule has 5 heteroatoms. The highest BCUT2D eigenvalue weighted by Gasteiger charge is 2.34. The molecule has 1 unspecified atom stereocenters. The van der Waals surface area contributed by atoms with Gasteiger partial charge in [-0.3, -0.25) is 15.4 Å². The second kappa shape index (κ2) is 7.79. The maximum atomic E-state index is 11.0. The topological polar surface area (TPSA) is 75.4 Å². The van der Waals surface area contributed by atoms with Crippen LogP contribution in [-0.2, 0) is 0 Å². The van der Waals surface area contributed by atoms with Gasteiger partial charge in [-0.05, 0) is 13.0 Å². The minimum atomic E-state index is -1.24. The molecule has 0 fully saturated rings. The standard InChI is InChI=1S/C13H19N2O3/c1-2-3-7-10-14-13(16)12(15(17)18)11-8-5-4-6-9-11/h4-6,8-9,13-14,16H,2-3,7,10H2,1H3. The number of hydrogen-bond donors (Lipinski definition) is 2. The van der Waals surface area contributed by atoms with E-state index in [1.54, 1.807) is 30.3 Å². The number of nitrogens with zero attached hydrogens (tertiary/aromatic N) is 1. The summed E-state index contributed by atoms with van der Waals surface area (Å²) >= 11 is 0. The molecule has 99 valence electrons. The van der Waals surface area contributed by atoms with Crippen LogP contribution in [0.15, 0.2) is 30.3 Å². The van der Waals surface area contributed by atoms with Gasteiger partial charge in [-0.2, -0.15) is 0 Å². The zero-order chi connectivity index (χ0) is 13.4. The second-order valence-corrected chi connectivity index (χ2v) is 4.07. The monoisotopic (exact) mass is 251 g/mol. The van der Waals surface area contributed by atoms with Gasteiger partial charge in [-0.15, -0.1) is 0 Å². The van der Waals surface area contributed by atoms with Crippen LogP contribution in [0.1, 0.15) is 31.7 Å². The Morgan fingerprint density at radius 1 is 1.39 bits per heavy atom. The summed E-state index contributed by atoms with van der Waals surface area (Å²) < 4.78 is 0. The lowest BCUT2D eigenvalue weighted by molar-refractivity contribution is -0.471. The van der Waals surface area contributed by atoms with Crippen LogP contribution in [0.25, 0.3) is 0 Å². The molecule has 0 bridgehead atoms. The van der Waals surface area contributed by atoms with Gasteiger partial charge < -0.3 is 5.11 Å². The Kier molecular flexibility index (Phi) is 6.32. The van der Waals surface area contributed by atoms with E-state index in [0.29, 0.717) is 12.1 Å². The Bertz CT molecular complexity index is 357. The van der Waals surface area contributed by atoms with E-state index in [4.69, 9.17) is 0 Å². The van der Waals surface area contributed by atoms with Crippen LogP contribution in [-0.4, -0.2) is 22.8 Å². The predicted molar refractivity (Wildman–Crippen MR) is 69.3 cm³/mol. The van der Waals surface area contributed by atoms with Crippen LogP contribution in [0.3, 0.4) is 0 Å². The van der Waals surface area contributed by atoms with E-state index in [2.05, 4.69) is 12.2 Å². The first-order valence-electron chi connectivity index (χ1n) is 6.15. The molecule has 1 radical (unpaired) electrons. The summed E-state index contributed by atoms with van der Waals surface area (Å²) in [4.78, 5) is 10.5. The van der Waals surface area contributed by atoms with Crippen molar-refractivity contribution in [2.45, 2.75) is 32.4 Å². The second-order valence-electron chi connectivity index (χ2n) is 4.07. The molecular weight excluding hydrogens is 232 g/mol. The third kappa shape index (κ3) is 4.43. The van der Waals surface area contributed by atoms with Crippen LogP contribution in [0.2, 0.25) is 0 Å². The molecule has 0 spiro atoms. The van der Waals surface area contributed by atoms with Gasteiger partial charge in [0.25, 0.3) is 0 Å². The highest BCUT2D eigenvalue weighted by Crippen LogP contribution is 2.17. The Balaban J connectivity index is 2.59. The van der Waals surface area contributed by atoms with Gasteiger partial charge in [0.15, 0.2) is 6.23 Å². The lowest BCUT2D eigenvalue weighted by Gasteiger charge is -2.15. The van der Waals surface area contributed by atoms with Gasteiger partial charge >= 0.3 is 6.04 Å². The average Bonchev–Trinajstić information content (AvgIpc) is 2.36. The summed E-state index contributed by atoms with van der Waals surface area (Å²) in [6.45, 7) is 2.65. The van der Waals surface area contributed by atoms with Crippen LogP contribution in [0.4, 0.5) is 0 Å². The number of unbranched alkanes of at least 4 members (excludes halogenated alkanes) is 2. The van der Waals surface area contributed by atoms with Crippen LogP contribution in [0.5, 0.6) is 0 Å². The van der Waals surface area contributed by atoms with E-state index in [1.165, 1.54) is 0 Å². The maximum absolute atomic E-state index is 11.0. The lowest BCUT2D eigenvalue weighted by atomic mass is 10.1. The zero-order valence-electron chi connectivity index (χ0n) is 10.5. The van der Waals surface area contributed by atoms with Crippen molar-refractivity contribution in [2.24, 2.45) is 0 Å². The molecule has 0 amide bonds. The zero-order valence-corrected chi connectivity index (χ0v) is 10.5. The first-order chi connectivity index (χ1) is 8.66. The molecule has 0 aliphatic carbocycles.